The molecular weight excluding hydrogens is 468 g/mol. The third kappa shape index (κ3) is 5.71. The molecule has 1 amide bonds. The van der Waals surface area contributed by atoms with E-state index in [2.05, 4.69) is 14.7 Å². The molecule has 0 bridgehead atoms. The summed E-state index contributed by atoms with van der Waals surface area (Å²) < 4.78 is 38.0. The fourth-order valence-electron chi connectivity index (χ4n) is 2.54. The van der Waals surface area contributed by atoms with Gasteiger partial charge in [0.05, 0.1) is 17.9 Å². The Bertz CT molecular complexity index is 1350. The number of amides is 1. The van der Waals surface area contributed by atoms with E-state index in [1.807, 2.05) is 0 Å². The molecule has 3 rings (SSSR count). The van der Waals surface area contributed by atoms with E-state index >= 15 is 0 Å². The molecule has 0 aliphatic rings. The molecule has 3 aromatic rings. The van der Waals surface area contributed by atoms with Crippen LogP contribution in [-0.2, 0) is 19.4 Å². The molecule has 0 saturated heterocycles. The summed E-state index contributed by atoms with van der Waals surface area (Å²) in [7, 11) is -3.61. The number of esters is 1. The first kappa shape index (κ1) is 23.8. The highest BCUT2D eigenvalue weighted by atomic mass is 32.2. The van der Waals surface area contributed by atoms with Gasteiger partial charge in [0.25, 0.3) is 11.1 Å². The van der Waals surface area contributed by atoms with E-state index in [1.54, 1.807) is 49.4 Å². The van der Waals surface area contributed by atoms with Crippen LogP contribution < -0.4 is 5.32 Å². The average molecular weight is 487 g/mol. The minimum absolute atomic E-state index is 0.0463. The Hall–Kier alpha value is -3.82. The number of ether oxygens (including phenoxy) is 1. The molecule has 2 aromatic heterocycles. The van der Waals surface area contributed by atoms with E-state index in [0.717, 1.165) is 0 Å². The Balaban J connectivity index is 1.74. The van der Waals surface area contributed by atoms with Crippen molar-refractivity contribution in [3.05, 3.63) is 53.3 Å². The van der Waals surface area contributed by atoms with Crippen LogP contribution in [-0.4, -0.2) is 42.0 Å². The number of rotatable bonds is 8. The van der Waals surface area contributed by atoms with Crippen molar-refractivity contribution >= 4 is 44.5 Å². The highest BCUT2D eigenvalue weighted by Gasteiger charge is 2.20. The summed E-state index contributed by atoms with van der Waals surface area (Å²) >= 11 is 0.697. The van der Waals surface area contributed by atoms with Crippen LogP contribution in [0.2, 0.25) is 0 Å². The van der Waals surface area contributed by atoms with E-state index in [0.29, 0.717) is 28.4 Å². The van der Waals surface area contributed by atoms with Crippen LogP contribution >= 0.6 is 11.5 Å². The summed E-state index contributed by atoms with van der Waals surface area (Å²) in [5, 5.41) is 11.3. The molecule has 0 spiro atoms. The number of carbonyl (C=O) groups is 2. The summed E-state index contributed by atoms with van der Waals surface area (Å²) in [5.41, 5.74) is 0.815. The molecule has 0 unspecified atom stereocenters. The van der Waals surface area contributed by atoms with Gasteiger partial charge in [0.2, 0.25) is 15.0 Å². The molecule has 2 heterocycles. The Kier molecular flexibility index (Phi) is 7.37. The summed E-state index contributed by atoms with van der Waals surface area (Å²) in [6.45, 7) is 3.46. The summed E-state index contributed by atoms with van der Waals surface area (Å²) in [4.78, 5) is 27.9. The van der Waals surface area contributed by atoms with Gasteiger partial charge in [0, 0.05) is 23.2 Å². The minimum atomic E-state index is -3.61. The number of benzene rings is 1. The van der Waals surface area contributed by atoms with Crippen LogP contribution in [0.3, 0.4) is 0 Å². The highest BCUT2D eigenvalue weighted by molar-refractivity contribution is 7.91. The Morgan fingerprint density at radius 2 is 1.94 bits per heavy atom. The fraction of sp³-hybridized carbons (Fsp3) is 0.190. The van der Waals surface area contributed by atoms with Gasteiger partial charge in [0.15, 0.2) is 0 Å². The zero-order valence-corrected chi connectivity index (χ0v) is 19.2. The molecule has 0 radical (unpaired) electrons. The molecule has 0 fully saturated rings. The average Bonchev–Trinajstić information content (AvgIpc) is 3.48. The van der Waals surface area contributed by atoms with Crippen LogP contribution in [0.15, 0.2) is 51.5 Å². The molecule has 1 aromatic carbocycles. The number of nitriles is 1. The predicted molar refractivity (Wildman–Crippen MR) is 120 cm³/mol. The highest BCUT2D eigenvalue weighted by Crippen LogP contribution is 2.24. The lowest BCUT2D eigenvalue weighted by molar-refractivity contribution is -0.112. The largest absolute Gasteiger partial charge is 0.462 e. The quantitative estimate of drug-likeness (QED) is 0.287. The molecular formula is C21H18N4O6S2. The molecule has 12 heteroatoms. The normalized spacial score (nSPS) is 11.6. The SMILES string of the molecule is CCOC(=O)c1ccc(-c2ccc(C=C(C#N)C(=O)Nc3nc(S(=O)(=O)CC)ns3)o2)cc1. The van der Waals surface area contributed by atoms with Crippen LogP contribution in [0.5, 0.6) is 0 Å². The first-order valence-corrected chi connectivity index (χ1v) is 12.1. The fourth-order valence-corrected chi connectivity index (χ4v) is 4.13. The maximum Gasteiger partial charge on any atom is 0.338 e. The molecule has 33 heavy (non-hydrogen) atoms. The number of nitrogens with one attached hydrogen (secondary N) is 1. The van der Waals surface area contributed by atoms with Crippen molar-refractivity contribution in [3.8, 4) is 17.4 Å². The smallest absolute Gasteiger partial charge is 0.338 e. The molecule has 10 nitrogen and oxygen atoms in total. The van der Waals surface area contributed by atoms with Gasteiger partial charge in [-0.25, -0.2) is 13.2 Å². The number of hydrogen-bond acceptors (Lipinski definition) is 10. The van der Waals surface area contributed by atoms with Crippen molar-refractivity contribution in [1.82, 2.24) is 9.36 Å². The predicted octanol–water partition coefficient (Wildman–Crippen LogP) is 3.31. The van der Waals surface area contributed by atoms with E-state index in [9.17, 15) is 23.3 Å². The second-order valence-electron chi connectivity index (χ2n) is 6.41. The van der Waals surface area contributed by atoms with E-state index in [-0.39, 0.29) is 34.0 Å². The standard InChI is InChI=1S/C21H18N4O6S2/c1-3-30-19(27)14-7-5-13(6-8-14)17-10-9-16(31-17)11-15(12-22)18(26)23-20-24-21(25-32-20)33(28,29)4-2/h5-11H,3-4H2,1-2H3,(H,23,24,25,26). The van der Waals surface area contributed by atoms with Crippen LogP contribution in [0.25, 0.3) is 17.4 Å². The molecule has 1 N–H and O–H groups in total. The minimum Gasteiger partial charge on any atom is -0.462 e. The molecule has 0 aliphatic carbocycles. The second-order valence-corrected chi connectivity index (χ2v) is 9.33. The van der Waals surface area contributed by atoms with Crippen LogP contribution in [0.4, 0.5) is 5.13 Å². The topological polar surface area (TPSA) is 152 Å². The van der Waals surface area contributed by atoms with Gasteiger partial charge in [-0.2, -0.15) is 14.6 Å². The Morgan fingerprint density at radius 1 is 1.21 bits per heavy atom. The first-order valence-electron chi connectivity index (χ1n) is 9.64. The third-order valence-electron chi connectivity index (χ3n) is 4.25. The number of furan rings is 1. The van der Waals surface area contributed by atoms with Crippen LogP contribution in [0.1, 0.15) is 30.0 Å². The van der Waals surface area contributed by atoms with Crippen molar-refractivity contribution in [2.75, 3.05) is 17.7 Å². The summed E-state index contributed by atoms with van der Waals surface area (Å²) in [6.07, 6.45) is 1.25. The van der Waals surface area contributed by atoms with E-state index in [1.165, 1.54) is 13.0 Å². The van der Waals surface area contributed by atoms with Gasteiger partial charge < -0.3 is 9.15 Å². The van der Waals surface area contributed by atoms with Gasteiger partial charge in [-0.15, -0.1) is 0 Å². The lowest BCUT2D eigenvalue weighted by atomic mass is 10.1. The second kappa shape index (κ2) is 10.2. The van der Waals surface area contributed by atoms with Crippen molar-refractivity contribution in [2.45, 2.75) is 19.0 Å². The van der Waals surface area contributed by atoms with Gasteiger partial charge in [-0.1, -0.05) is 19.1 Å². The summed E-state index contributed by atoms with van der Waals surface area (Å²) in [6, 6.07) is 11.6. The van der Waals surface area contributed by atoms with Gasteiger partial charge in [-0.3, -0.25) is 10.1 Å². The molecule has 0 saturated carbocycles. The number of anilines is 1. The van der Waals surface area contributed by atoms with Gasteiger partial charge in [-0.05, 0) is 31.2 Å². The number of aromatic nitrogens is 2. The van der Waals surface area contributed by atoms with Crippen molar-refractivity contribution in [3.63, 3.8) is 0 Å². The number of nitrogens with zero attached hydrogens (tertiary/aromatic N) is 3. The number of carbonyl (C=O) groups excluding carboxylic acids is 2. The zero-order chi connectivity index (χ0) is 24.0. The van der Waals surface area contributed by atoms with Crippen LogP contribution in [0, 0.1) is 11.3 Å². The number of hydrogen-bond donors (Lipinski definition) is 1. The lowest BCUT2D eigenvalue weighted by Crippen LogP contribution is -2.13. The maximum absolute atomic E-state index is 12.4. The van der Waals surface area contributed by atoms with E-state index in [4.69, 9.17) is 9.15 Å². The Morgan fingerprint density at radius 3 is 2.58 bits per heavy atom. The van der Waals surface area contributed by atoms with Crippen molar-refractivity contribution < 1.29 is 27.2 Å². The van der Waals surface area contributed by atoms with Crippen molar-refractivity contribution in [2.24, 2.45) is 0 Å². The van der Waals surface area contributed by atoms with E-state index < -0.39 is 21.7 Å². The monoisotopic (exact) mass is 486 g/mol. The molecule has 170 valence electrons. The molecule has 0 atom stereocenters. The summed E-state index contributed by atoms with van der Waals surface area (Å²) in [5.74, 6) is -0.671. The van der Waals surface area contributed by atoms with Gasteiger partial charge in [0.1, 0.15) is 23.2 Å². The first-order chi connectivity index (χ1) is 15.8. The van der Waals surface area contributed by atoms with Gasteiger partial charge >= 0.3 is 5.97 Å². The maximum atomic E-state index is 12.4. The zero-order valence-electron chi connectivity index (χ0n) is 17.6. The lowest BCUT2D eigenvalue weighted by Gasteiger charge is -2.02. The Labute approximate surface area is 193 Å². The number of sulfone groups is 1. The molecule has 0 aliphatic heterocycles. The van der Waals surface area contributed by atoms with Crippen molar-refractivity contribution in [1.29, 1.82) is 5.26 Å². The third-order valence-corrected chi connectivity index (χ3v) is 6.49.